The Balaban J connectivity index is 5.19. The van der Waals surface area contributed by atoms with Crippen LogP contribution in [0.5, 0.6) is 0 Å². The molecule has 4 nitrogen and oxygen atoms in total. The van der Waals surface area contributed by atoms with Gasteiger partial charge in [-0.15, -0.1) is 8.58 Å². The SMILES string of the molecule is C=C(CC(O)CPCC(C)CO)C(C)(C)C(C)(C)OC(CCCCCC)CC(=O)C(C)(C)C. The zero-order valence-electron chi connectivity index (χ0n) is 23.2. The molecule has 0 radical (unpaired) electrons. The molecule has 2 N–H and O–H groups in total. The molecule has 0 saturated carbocycles. The van der Waals surface area contributed by atoms with Crippen molar-refractivity contribution >= 4 is 14.4 Å². The van der Waals surface area contributed by atoms with Crippen LogP contribution in [0.2, 0.25) is 0 Å². The molecular formula is C28H55O4P. The van der Waals surface area contributed by atoms with Crippen LogP contribution < -0.4 is 0 Å². The van der Waals surface area contributed by atoms with E-state index in [0.717, 1.165) is 30.7 Å². The van der Waals surface area contributed by atoms with Crippen molar-refractivity contribution in [3.63, 3.8) is 0 Å². The molecule has 0 aliphatic rings. The minimum atomic E-state index is -0.523. The van der Waals surface area contributed by atoms with Gasteiger partial charge in [0.2, 0.25) is 0 Å². The van der Waals surface area contributed by atoms with Crippen molar-refractivity contribution < 1.29 is 19.7 Å². The maximum Gasteiger partial charge on any atom is 0.140 e. The Morgan fingerprint density at radius 3 is 2.12 bits per heavy atom. The molecule has 4 unspecified atom stereocenters. The predicted octanol–water partition coefficient (Wildman–Crippen LogP) is 6.77. The number of carbonyl (C=O) groups excluding carboxylic acids is 1. The van der Waals surface area contributed by atoms with E-state index in [1.165, 1.54) is 19.3 Å². The number of aliphatic hydroxyl groups is 2. The molecular weight excluding hydrogens is 431 g/mol. The lowest BCUT2D eigenvalue weighted by Crippen LogP contribution is -2.46. The minimum Gasteiger partial charge on any atom is -0.396 e. The number of unbranched alkanes of at least 4 members (excludes halogenated alkanes) is 3. The van der Waals surface area contributed by atoms with E-state index in [9.17, 15) is 15.0 Å². The van der Waals surface area contributed by atoms with Gasteiger partial charge in [0.1, 0.15) is 5.78 Å². The zero-order valence-corrected chi connectivity index (χ0v) is 24.2. The second-order valence-electron chi connectivity index (χ2n) is 12.0. The van der Waals surface area contributed by atoms with Gasteiger partial charge in [0.25, 0.3) is 0 Å². The molecule has 0 bridgehead atoms. The van der Waals surface area contributed by atoms with E-state index in [0.29, 0.717) is 21.4 Å². The normalized spacial score (nSPS) is 16.2. The predicted molar refractivity (Wildman–Crippen MR) is 145 cm³/mol. The Morgan fingerprint density at radius 2 is 1.61 bits per heavy atom. The summed E-state index contributed by atoms with van der Waals surface area (Å²) in [6, 6.07) is 0. The first-order chi connectivity index (χ1) is 15.1. The third kappa shape index (κ3) is 12.3. The lowest BCUT2D eigenvalue weighted by atomic mass is 9.70. The third-order valence-electron chi connectivity index (χ3n) is 7.15. The first kappa shape index (κ1) is 32.7. The van der Waals surface area contributed by atoms with Crippen LogP contribution in [-0.4, -0.2) is 52.7 Å². The van der Waals surface area contributed by atoms with Crippen molar-refractivity contribution in [3.8, 4) is 0 Å². The summed E-state index contributed by atoms with van der Waals surface area (Å²) in [5.74, 6) is 0.525. The molecule has 0 aromatic carbocycles. The molecule has 0 spiro atoms. The van der Waals surface area contributed by atoms with Crippen LogP contribution in [0, 0.1) is 16.7 Å². The molecule has 0 rings (SSSR count). The molecule has 0 amide bonds. The molecule has 33 heavy (non-hydrogen) atoms. The molecule has 5 heteroatoms. The highest BCUT2D eigenvalue weighted by molar-refractivity contribution is 7.38. The van der Waals surface area contributed by atoms with E-state index < -0.39 is 11.7 Å². The van der Waals surface area contributed by atoms with Gasteiger partial charge in [-0.1, -0.05) is 86.3 Å². The summed E-state index contributed by atoms with van der Waals surface area (Å²) in [6.45, 7) is 23.2. The Kier molecular flexibility index (Phi) is 14.8. The Bertz CT molecular complexity index is 577. The van der Waals surface area contributed by atoms with Gasteiger partial charge in [0, 0.05) is 23.9 Å². The summed E-state index contributed by atoms with van der Waals surface area (Å²) in [7, 11) is 0.636. The van der Waals surface area contributed by atoms with Crippen LogP contribution in [-0.2, 0) is 9.53 Å². The van der Waals surface area contributed by atoms with Crippen molar-refractivity contribution in [1.29, 1.82) is 0 Å². The summed E-state index contributed by atoms with van der Waals surface area (Å²) >= 11 is 0. The molecule has 0 saturated heterocycles. The number of carbonyl (C=O) groups is 1. The molecule has 0 aromatic heterocycles. The summed E-state index contributed by atoms with van der Waals surface area (Å²) in [4.78, 5) is 12.8. The summed E-state index contributed by atoms with van der Waals surface area (Å²) in [6.07, 6.45) is 7.65. The Morgan fingerprint density at radius 1 is 1.00 bits per heavy atom. The van der Waals surface area contributed by atoms with Crippen molar-refractivity contribution in [1.82, 2.24) is 0 Å². The van der Waals surface area contributed by atoms with Crippen LogP contribution in [0.3, 0.4) is 0 Å². The van der Waals surface area contributed by atoms with E-state index in [1.54, 1.807) is 0 Å². The van der Waals surface area contributed by atoms with Gasteiger partial charge in [-0.05, 0) is 44.9 Å². The standard InChI is InChI=1S/C28H55O4P/c1-11-12-13-14-15-24(17-25(31)26(4,5)6)32-28(9,10)27(7,8)22(3)16-23(30)20-33-19-21(2)18-29/h21,23-24,29-30,33H,3,11-20H2,1-2,4-10H3. The van der Waals surface area contributed by atoms with Crippen molar-refractivity contribution in [2.45, 2.75) is 125 Å². The average molecular weight is 487 g/mol. The van der Waals surface area contributed by atoms with Gasteiger partial charge in [0.15, 0.2) is 0 Å². The molecule has 0 aromatic rings. The van der Waals surface area contributed by atoms with Crippen molar-refractivity contribution in [3.05, 3.63) is 12.2 Å². The Hall–Kier alpha value is -0.280. The van der Waals surface area contributed by atoms with Crippen molar-refractivity contribution in [2.75, 3.05) is 18.9 Å². The number of rotatable bonds is 18. The van der Waals surface area contributed by atoms with Crippen LogP contribution >= 0.6 is 8.58 Å². The van der Waals surface area contributed by atoms with E-state index >= 15 is 0 Å². The van der Waals surface area contributed by atoms with Crippen LogP contribution in [0.15, 0.2) is 12.2 Å². The number of Topliss-reactive ketones (excluding diaryl/α,β-unsaturated/α-hetero) is 1. The van der Waals surface area contributed by atoms with Gasteiger partial charge in [-0.3, -0.25) is 4.79 Å². The number of ketones is 1. The monoisotopic (exact) mass is 486 g/mol. The number of ether oxygens (including phenoxy) is 1. The number of hydrogen-bond acceptors (Lipinski definition) is 4. The molecule has 0 fully saturated rings. The van der Waals surface area contributed by atoms with Gasteiger partial charge in [0.05, 0.1) is 17.8 Å². The van der Waals surface area contributed by atoms with Gasteiger partial charge in [-0.25, -0.2) is 0 Å². The second kappa shape index (κ2) is 15.0. The maximum absolute atomic E-state index is 12.8. The largest absolute Gasteiger partial charge is 0.396 e. The molecule has 0 aliphatic heterocycles. The molecule has 4 atom stereocenters. The fraction of sp³-hybridized carbons (Fsp3) is 0.893. The van der Waals surface area contributed by atoms with Crippen LogP contribution in [0.4, 0.5) is 0 Å². The first-order valence-corrected chi connectivity index (χ1v) is 14.4. The van der Waals surface area contributed by atoms with Crippen LogP contribution in [0.1, 0.15) is 107 Å². The lowest BCUT2D eigenvalue weighted by Gasteiger charge is -2.45. The van der Waals surface area contributed by atoms with E-state index in [4.69, 9.17) is 4.74 Å². The van der Waals surface area contributed by atoms with E-state index in [-0.39, 0.29) is 35.2 Å². The molecule has 0 aliphatic carbocycles. The summed E-state index contributed by atoms with van der Waals surface area (Å²) in [5.41, 5.74) is -0.272. The average Bonchev–Trinajstić information content (AvgIpc) is 2.69. The van der Waals surface area contributed by atoms with Crippen LogP contribution in [0.25, 0.3) is 0 Å². The van der Waals surface area contributed by atoms with E-state index in [2.05, 4.69) is 41.2 Å². The lowest BCUT2D eigenvalue weighted by molar-refractivity contribution is -0.146. The summed E-state index contributed by atoms with van der Waals surface area (Å²) < 4.78 is 6.69. The van der Waals surface area contributed by atoms with Gasteiger partial charge >= 0.3 is 0 Å². The van der Waals surface area contributed by atoms with Gasteiger partial charge < -0.3 is 14.9 Å². The highest BCUT2D eigenvalue weighted by Gasteiger charge is 2.42. The topological polar surface area (TPSA) is 66.8 Å². The number of aliphatic hydroxyl groups excluding tert-OH is 2. The summed E-state index contributed by atoms with van der Waals surface area (Å²) in [5, 5.41) is 19.8. The fourth-order valence-corrected chi connectivity index (χ4v) is 4.94. The molecule has 0 heterocycles. The highest BCUT2D eigenvalue weighted by Crippen LogP contribution is 2.43. The van der Waals surface area contributed by atoms with Crippen molar-refractivity contribution in [2.24, 2.45) is 16.7 Å². The highest BCUT2D eigenvalue weighted by atomic mass is 31.1. The van der Waals surface area contributed by atoms with Gasteiger partial charge in [-0.2, -0.15) is 0 Å². The maximum atomic E-state index is 12.8. The fourth-order valence-electron chi connectivity index (χ4n) is 3.68. The quantitative estimate of drug-likeness (QED) is 0.127. The third-order valence-corrected chi connectivity index (χ3v) is 8.89. The zero-order chi connectivity index (χ0) is 25.9. The van der Waals surface area contributed by atoms with E-state index in [1.807, 2.05) is 27.7 Å². The minimum absolute atomic E-state index is 0.109. The second-order valence-corrected chi connectivity index (χ2v) is 13.3. The smallest absolute Gasteiger partial charge is 0.140 e. The molecule has 196 valence electrons. The first-order valence-electron chi connectivity index (χ1n) is 13.0. The Labute approximate surface area is 207 Å². The number of hydrogen-bond donors (Lipinski definition) is 2.